The molecule has 0 heterocycles. The number of hydrogen-bond acceptors (Lipinski definition) is 6. The van der Waals surface area contributed by atoms with Crippen LogP contribution in [0.15, 0.2) is 18.2 Å². The minimum Gasteiger partial charge on any atom is -0.423 e. The van der Waals surface area contributed by atoms with Crippen LogP contribution in [-0.2, 0) is 9.59 Å². The lowest BCUT2D eigenvalue weighted by atomic mass is 10.1. The fourth-order valence-corrected chi connectivity index (χ4v) is 1.53. The molecule has 0 aliphatic carbocycles. The zero-order valence-corrected chi connectivity index (χ0v) is 11.9. The second-order valence-corrected chi connectivity index (χ2v) is 4.51. The van der Waals surface area contributed by atoms with Crippen molar-refractivity contribution >= 4 is 17.7 Å². The van der Waals surface area contributed by atoms with Crippen LogP contribution in [0.2, 0.25) is 0 Å². The van der Waals surface area contributed by atoms with Crippen molar-refractivity contribution in [3.63, 3.8) is 0 Å². The molecule has 1 aromatic rings. The van der Waals surface area contributed by atoms with Gasteiger partial charge in [0.05, 0.1) is 6.54 Å². The molecule has 0 bridgehead atoms. The molecule has 0 amide bonds. The van der Waals surface area contributed by atoms with Gasteiger partial charge in [-0.1, -0.05) is 0 Å². The van der Waals surface area contributed by atoms with Crippen LogP contribution < -0.4 is 9.47 Å². The van der Waals surface area contributed by atoms with E-state index >= 15 is 0 Å². The average molecular weight is 279 g/mol. The zero-order chi connectivity index (χ0) is 15.3. The van der Waals surface area contributed by atoms with Gasteiger partial charge in [-0.3, -0.25) is 14.4 Å². The van der Waals surface area contributed by atoms with Gasteiger partial charge in [-0.2, -0.15) is 0 Å². The number of ether oxygens (including phenoxy) is 2. The first-order valence-corrected chi connectivity index (χ1v) is 5.98. The Hall–Kier alpha value is -2.21. The number of carbonyl (C=O) groups excluding carboxylic acids is 3. The number of esters is 2. The third kappa shape index (κ3) is 4.81. The maximum atomic E-state index is 11.9. The fourth-order valence-electron chi connectivity index (χ4n) is 1.53. The minimum absolute atomic E-state index is 0.0531. The molecule has 1 rings (SSSR count). The Balaban J connectivity index is 3.09. The predicted octanol–water partition coefficient (Wildman–Crippen LogP) is 1.28. The molecular weight excluding hydrogens is 262 g/mol. The molecule has 0 spiro atoms. The first kappa shape index (κ1) is 15.8. The highest BCUT2D eigenvalue weighted by molar-refractivity contribution is 5.98. The summed E-state index contributed by atoms with van der Waals surface area (Å²) in [5.74, 6) is -1.06. The van der Waals surface area contributed by atoms with Crippen molar-refractivity contribution in [1.82, 2.24) is 4.90 Å². The summed E-state index contributed by atoms with van der Waals surface area (Å²) in [6, 6.07) is 4.35. The Morgan fingerprint density at radius 1 is 1.00 bits per heavy atom. The van der Waals surface area contributed by atoms with Crippen LogP contribution in [-0.4, -0.2) is 43.3 Å². The molecule has 0 saturated heterocycles. The van der Waals surface area contributed by atoms with E-state index in [1.807, 2.05) is 0 Å². The van der Waals surface area contributed by atoms with Gasteiger partial charge in [0, 0.05) is 19.4 Å². The summed E-state index contributed by atoms with van der Waals surface area (Å²) in [6.45, 7) is 2.70. The number of rotatable bonds is 5. The van der Waals surface area contributed by atoms with E-state index in [0.717, 1.165) is 0 Å². The smallest absolute Gasteiger partial charge is 0.308 e. The molecular formula is C14H17NO5. The van der Waals surface area contributed by atoms with E-state index in [4.69, 9.17) is 9.47 Å². The summed E-state index contributed by atoms with van der Waals surface area (Å²) in [7, 11) is 3.55. The van der Waals surface area contributed by atoms with Crippen LogP contribution in [0.5, 0.6) is 11.5 Å². The van der Waals surface area contributed by atoms with E-state index in [0.29, 0.717) is 5.56 Å². The molecule has 0 saturated carbocycles. The molecule has 0 aromatic heterocycles. The normalized spacial score (nSPS) is 10.2. The van der Waals surface area contributed by atoms with Gasteiger partial charge in [-0.25, -0.2) is 0 Å². The van der Waals surface area contributed by atoms with E-state index in [1.165, 1.54) is 32.0 Å². The highest BCUT2D eigenvalue weighted by Crippen LogP contribution is 2.29. The van der Waals surface area contributed by atoms with Gasteiger partial charge in [0.1, 0.15) is 0 Å². The lowest BCUT2D eigenvalue weighted by Crippen LogP contribution is -2.21. The van der Waals surface area contributed by atoms with E-state index in [1.54, 1.807) is 19.0 Å². The van der Waals surface area contributed by atoms with Gasteiger partial charge < -0.3 is 14.4 Å². The molecule has 108 valence electrons. The number of benzene rings is 1. The lowest BCUT2D eigenvalue weighted by Gasteiger charge is -2.12. The van der Waals surface area contributed by atoms with E-state index in [-0.39, 0.29) is 23.8 Å². The van der Waals surface area contributed by atoms with Crippen LogP contribution in [0, 0.1) is 0 Å². The van der Waals surface area contributed by atoms with Gasteiger partial charge in [0.2, 0.25) is 0 Å². The van der Waals surface area contributed by atoms with E-state index in [2.05, 4.69) is 0 Å². The van der Waals surface area contributed by atoms with Gasteiger partial charge in [0.25, 0.3) is 0 Å². The van der Waals surface area contributed by atoms with E-state index in [9.17, 15) is 14.4 Å². The van der Waals surface area contributed by atoms with Crippen molar-refractivity contribution in [3.8, 4) is 11.5 Å². The summed E-state index contributed by atoms with van der Waals surface area (Å²) < 4.78 is 9.88. The van der Waals surface area contributed by atoms with Crippen molar-refractivity contribution in [1.29, 1.82) is 0 Å². The SMILES string of the molecule is CC(=O)Oc1ccc(C(=O)CN(C)C)cc1OC(C)=O. The van der Waals surface area contributed by atoms with Crippen LogP contribution in [0.4, 0.5) is 0 Å². The maximum Gasteiger partial charge on any atom is 0.308 e. The molecule has 0 fully saturated rings. The van der Waals surface area contributed by atoms with Crippen LogP contribution in [0.25, 0.3) is 0 Å². The number of likely N-dealkylation sites (N-methyl/N-ethyl adjacent to an activating group) is 1. The molecule has 0 atom stereocenters. The van der Waals surface area contributed by atoms with Crippen molar-refractivity contribution in [2.24, 2.45) is 0 Å². The zero-order valence-electron chi connectivity index (χ0n) is 11.9. The molecule has 1 aromatic carbocycles. The Kier molecular flexibility index (Phi) is 5.40. The molecule has 0 aliphatic heterocycles. The third-order valence-electron chi connectivity index (χ3n) is 2.23. The topological polar surface area (TPSA) is 72.9 Å². The number of carbonyl (C=O) groups is 3. The molecule has 0 unspecified atom stereocenters. The maximum absolute atomic E-state index is 11.9. The number of nitrogens with zero attached hydrogens (tertiary/aromatic N) is 1. The first-order valence-electron chi connectivity index (χ1n) is 5.98. The highest BCUT2D eigenvalue weighted by Gasteiger charge is 2.15. The minimum atomic E-state index is -0.560. The Bertz CT molecular complexity index is 536. The second-order valence-electron chi connectivity index (χ2n) is 4.51. The Labute approximate surface area is 117 Å². The molecule has 6 heteroatoms. The number of hydrogen-bond donors (Lipinski definition) is 0. The van der Waals surface area contributed by atoms with Gasteiger partial charge >= 0.3 is 11.9 Å². The second kappa shape index (κ2) is 6.81. The predicted molar refractivity (Wildman–Crippen MR) is 71.9 cm³/mol. The molecule has 0 aliphatic rings. The van der Waals surface area contributed by atoms with Crippen molar-refractivity contribution in [3.05, 3.63) is 23.8 Å². The van der Waals surface area contributed by atoms with E-state index < -0.39 is 11.9 Å². The molecule has 0 radical (unpaired) electrons. The lowest BCUT2D eigenvalue weighted by molar-refractivity contribution is -0.134. The third-order valence-corrected chi connectivity index (χ3v) is 2.23. The first-order chi connectivity index (χ1) is 9.29. The molecule has 6 nitrogen and oxygen atoms in total. The highest BCUT2D eigenvalue weighted by atomic mass is 16.6. The fraction of sp³-hybridized carbons (Fsp3) is 0.357. The summed E-state index contributed by atoms with van der Waals surface area (Å²) in [5.41, 5.74) is 0.380. The summed E-state index contributed by atoms with van der Waals surface area (Å²) >= 11 is 0. The average Bonchev–Trinajstić information content (AvgIpc) is 2.29. The van der Waals surface area contributed by atoms with Crippen LogP contribution in [0.1, 0.15) is 24.2 Å². The standard InChI is InChI=1S/C14H17NO5/c1-9(16)19-13-6-5-11(12(18)8-15(3)4)7-14(13)20-10(2)17/h5-7H,8H2,1-4H3. The number of ketones is 1. The van der Waals surface area contributed by atoms with Crippen molar-refractivity contribution < 1.29 is 23.9 Å². The molecule has 20 heavy (non-hydrogen) atoms. The van der Waals surface area contributed by atoms with Crippen LogP contribution in [0.3, 0.4) is 0 Å². The van der Waals surface area contributed by atoms with Crippen molar-refractivity contribution in [2.75, 3.05) is 20.6 Å². The summed E-state index contributed by atoms with van der Waals surface area (Å²) in [5, 5.41) is 0. The quantitative estimate of drug-likeness (QED) is 0.459. The molecule has 0 N–H and O–H groups in total. The number of Topliss-reactive ketones (excluding diaryl/α,β-unsaturated/α-hetero) is 1. The van der Waals surface area contributed by atoms with Gasteiger partial charge in [0.15, 0.2) is 17.3 Å². The monoisotopic (exact) mass is 279 g/mol. The summed E-state index contributed by atoms with van der Waals surface area (Å²) in [6.07, 6.45) is 0. The van der Waals surface area contributed by atoms with Crippen molar-refractivity contribution in [2.45, 2.75) is 13.8 Å². The van der Waals surface area contributed by atoms with Crippen LogP contribution >= 0.6 is 0 Å². The van der Waals surface area contributed by atoms with Gasteiger partial charge in [-0.15, -0.1) is 0 Å². The summed E-state index contributed by atoms with van der Waals surface area (Å²) in [4.78, 5) is 35.7. The Morgan fingerprint density at radius 3 is 2.05 bits per heavy atom. The largest absolute Gasteiger partial charge is 0.423 e. The Morgan fingerprint density at radius 2 is 1.55 bits per heavy atom. The van der Waals surface area contributed by atoms with Gasteiger partial charge in [-0.05, 0) is 32.3 Å².